The van der Waals surface area contributed by atoms with Gasteiger partial charge in [-0.2, -0.15) is 0 Å². The van der Waals surface area contributed by atoms with Crippen LogP contribution in [0.5, 0.6) is 5.75 Å². The van der Waals surface area contributed by atoms with Crippen LogP contribution in [0.15, 0.2) is 41.2 Å². The minimum absolute atomic E-state index is 0.0177. The molecule has 0 unspecified atom stereocenters. The molecule has 0 aliphatic carbocycles. The SMILES string of the molecule is O=C(NCc1ccccc1OC(F)(F)F)c1ccc2n(c1=O)C[C@@H]1CNC[C@H]2C1. The smallest absolute Gasteiger partial charge is 0.405 e. The molecule has 1 amide bonds. The second-order valence-corrected chi connectivity index (χ2v) is 7.38. The van der Waals surface area contributed by atoms with E-state index in [9.17, 15) is 22.8 Å². The van der Waals surface area contributed by atoms with Crippen LogP contribution in [0.3, 0.4) is 0 Å². The van der Waals surface area contributed by atoms with E-state index in [0.717, 1.165) is 25.2 Å². The number of nitrogens with one attached hydrogen (secondary N) is 2. The monoisotopic (exact) mass is 407 g/mol. The molecule has 6 nitrogen and oxygen atoms in total. The van der Waals surface area contributed by atoms with E-state index in [4.69, 9.17) is 0 Å². The van der Waals surface area contributed by atoms with E-state index >= 15 is 0 Å². The van der Waals surface area contributed by atoms with Gasteiger partial charge in [0.25, 0.3) is 11.5 Å². The van der Waals surface area contributed by atoms with Crippen molar-refractivity contribution in [2.45, 2.75) is 31.8 Å². The molecule has 0 radical (unpaired) electrons. The number of ether oxygens (including phenoxy) is 1. The van der Waals surface area contributed by atoms with Gasteiger partial charge in [0.1, 0.15) is 11.3 Å². The van der Waals surface area contributed by atoms with Gasteiger partial charge in [0, 0.05) is 36.8 Å². The number of aromatic nitrogens is 1. The predicted octanol–water partition coefficient (Wildman–Crippen LogP) is 2.38. The number of para-hydroxylation sites is 1. The third-order valence-corrected chi connectivity index (χ3v) is 5.39. The highest BCUT2D eigenvalue weighted by molar-refractivity contribution is 5.93. The van der Waals surface area contributed by atoms with E-state index in [2.05, 4.69) is 15.4 Å². The summed E-state index contributed by atoms with van der Waals surface area (Å²) in [6.07, 6.45) is -3.81. The fraction of sp³-hybridized carbons (Fsp3) is 0.400. The highest BCUT2D eigenvalue weighted by Crippen LogP contribution is 2.31. The maximum absolute atomic E-state index is 12.9. The van der Waals surface area contributed by atoms with Gasteiger partial charge in [-0.3, -0.25) is 9.59 Å². The largest absolute Gasteiger partial charge is 0.573 e. The number of rotatable bonds is 4. The number of hydrogen-bond acceptors (Lipinski definition) is 4. The summed E-state index contributed by atoms with van der Waals surface area (Å²) in [4.78, 5) is 25.4. The highest BCUT2D eigenvalue weighted by Gasteiger charge is 2.33. The Hall–Kier alpha value is -2.81. The van der Waals surface area contributed by atoms with E-state index < -0.39 is 12.3 Å². The normalized spacial score (nSPS) is 20.7. The Labute approximate surface area is 164 Å². The minimum Gasteiger partial charge on any atom is -0.405 e. The van der Waals surface area contributed by atoms with Crippen LogP contribution in [-0.4, -0.2) is 29.9 Å². The molecule has 1 aromatic heterocycles. The van der Waals surface area contributed by atoms with E-state index in [1.54, 1.807) is 16.7 Å². The van der Waals surface area contributed by atoms with Gasteiger partial charge < -0.3 is 19.9 Å². The summed E-state index contributed by atoms with van der Waals surface area (Å²) in [5.74, 6) is -0.411. The second kappa shape index (κ2) is 7.55. The van der Waals surface area contributed by atoms with Crippen LogP contribution in [0.1, 0.15) is 34.0 Å². The summed E-state index contributed by atoms with van der Waals surface area (Å²) in [5.41, 5.74) is 0.697. The number of piperidine rings is 1. The molecule has 2 atom stereocenters. The van der Waals surface area contributed by atoms with Crippen molar-refractivity contribution in [1.29, 1.82) is 0 Å². The molecule has 1 aromatic carbocycles. The molecule has 1 saturated heterocycles. The number of hydrogen-bond donors (Lipinski definition) is 2. The Morgan fingerprint density at radius 1 is 1.21 bits per heavy atom. The molecule has 0 spiro atoms. The summed E-state index contributed by atoms with van der Waals surface area (Å²) in [6.45, 7) is 2.01. The van der Waals surface area contributed by atoms with Crippen molar-refractivity contribution < 1.29 is 22.7 Å². The molecule has 2 aliphatic heterocycles. The summed E-state index contributed by atoms with van der Waals surface area (Å²) in [7, 11) is 0. The maximum atomic E-state index is 12.9. The minimum atomic E-state index is -4.83. The standard InChI is InChI=1S/C20H20F3N3O3/c21-20(22,23)29-17-4-2-1-3-13(17)10-25-18(27)15-5-6-16-14-7-12(8-24-9-14)11-26(16)19(15)28/h1-6,12,14,24H,7-11H2,(H,25,27)/t12-,14+/m0/s1. The third kappa shape index (κ3) is 4.14. The number of nitrogens with zero attached hydrogens (tertiary/aromatic N) is 1. The van der Waals surface area contributed by atoms with Crippen LogP contribution in [0.2, 0.25) is 0 Å². The number of halogens is 3. The summed E-state index contributed by atoms with van der Waals surface area (Å²) in [6, 6.07) is 8.85. The Morgan fingerprint density at radius 2 is 2.00 bits per heavy atom. The zero-order chi connectivity index (χ0) is 20.6. The van der Waals surface area contributed by atoms with E-state index in [-0.39, 0.29) is 34.9 Å². The highest BCUT2D eigenvalue weighted by atomic mass is 19.4. The molecule has 3 heterocycles. The topological polar surface area (TPSA) is 72.4 Å². The van der Waals surface area contributed by atoms with Crippen molar-refractivity contribution in [2.24, 2.45) is 5.92 Å². The van der Waals surface area contributed by atoms with Crippen molar-refractivity contribution in [1.82, 2.24) is 15.2 Å². The van der Waals surface area contributed by atoms with Gasteiger partial charge in [0.2, 0.25) is 0 Å². The lowest BCUT2D eigenvalue weighted by atomic mass is 9.84. The number of alkyl halides is 3. The van der Waals surface area contributed by atoms with Crippen LogP contribution >= 0.6 is 0 Å². The Morgan fingerprint density at radius 3 is 2.79 bits per heavy atom. The number of fused-ring (bicyclic) bond motifs is 4. The third-order valence-electron chi connectivity index (χ3n) is 5.39. The maximum Gasteiger partial charge on any atom is 0.573 e. The van der Waals surface area contributed by atoms with Gasteiger partial charge in [0.15, 0.2) is 0 Å². The number of carbonyl (C=O) groups excluding carboxylic acids is 1. The lowest BCUT2D eigenvalue weighted by molar-refractivity contribution is -0.274. The quantitative estimate of drug-likeness (QED) is 0.817. The zero-order valence-electron chi connectivity index (χ0n) is 15.5. The van der Waals surface area contributed by atoms with Crippen LogP contribution in [0.25, 0.3) is 0 Å². The Balaban J connectivity index is 1.52. The van der Waals surface area contributed by atoms with Crippen molar-refractivity contribution >= 4 is 5.91 Å². The van der Waals surface area contributed by atoms with Crippen molar-refractivity contribution in [3.63, 3.8) is 0 Å². The van der Waals surface area contributed by atoms with Gasteiger partial charge in [-0.1, -0.05) is 18.2 Å². The Bertz CT molecular complexity index is 987. The van der Waals surface area contributed by atoms with Crippen molar-refractivity contribution in [2.75, 3.05) is 13.1 Å². The first-order chi connectivity index (χ1) is 13.8. The predicted molar refractivity (Wildman–Crippen MR) is 98.7 cm³/mol. The lowest BCUT2D eigenvalue weighted by Crippen LogP contribution is -2.46. The average molecular weight is 407 g/mol. The number of carbonyl (C=O) groups is 1. The average Bonchev–Trinajstić information content (AvgIpc) is 2.67. The molecule has 4 rings (SSSR count). The second-order valence-electron chi connectivity index (χ2n) is 7.38. The first-order valence-corrected chi connectivity index (χ1v) is 9.38. The van der Waals surface area contributed by atoms with Crippen LogP contribution < -0.4 is 20.9 Å². The molecule has 2 aromatic rings. The number of pyridine rings is 1. The fourth-order valence-electron chi connectivity index (χ4n) is 4.11. The first kappa shape index (κ1) is 19.5. The summed E-state index contributed by atoms with van der Waals surface area (Å²) in [5, 5.41) is 5.89. The molecule has 2 bridgehead atoms. The molecule has 29 heavy (non-hydrogen) atoms. The zero-order valence-corrected chi connectivity index (χ0v) is 15.5. The van der Waals surface area contributed by atoms with Crippen LogP contribution in [0, 0.1) is 5.92 Å². The summed E-state index contributed by atoms with van der Waals surface area (Å²) >= 11 is 0. The van der Waals surface area contributed by atoms with E-state index in [1.165, 1.54) is 24.3 Å². The first-order valence-electron chi connectivity index (χ1n) is 9.38. The molecule has 9 heteroatoms. The van der Waals surface area contributed by atoms with Crippen LogP contribution in [0.4, 0.5) is 13.2 Å². The molecule has 154 valence electrons. The van der Waals surface area contributed by atoms with Gasteiger partial charge in [-0.05, 0) is 37.1 Å². The number of amides is 1. The van der Waals surface area contributed by atoms with E-state index in [1.807, 2.05) is 0 Å². The fourth-order valence-corrected chi connectivity index (χ4v) is 4.11. The van der Waals surface area contributed by atoms with Crippen molar-refractivity contribution in [3.05, 3.63) is 63.6 Å². The molecule has 1 fully saturated rings. The van der Waals surface area contributed by atoms with Crippen molar-refractivity contribution in [3.8, 4) is 5.75 Å². The molecular weight excluding hydrogens is 387 g/mol. The molecule has 2 aliphatic rings. The van der Waals surface area contributed by atoms with E-state index in [0.29, 0.717) is 12.5 Å². The van der Waals surface area contributed by atoms with Gasteiger partial charge in [-0.15, -0.1) is 13.2 Å². The van der Waals surface area contributed by atoms with Gasteiger partial charge in [-0.25, -0.2) is 0 Å². The molecular formula is C20H20F3N3O3. The molecule has 0 saturated carbocycles. The lowest BCUT2D eigenvalue weighted by Gasteiger charge is -2.37. The van der Waals surface area contributed by atoms with Gasteiger partial charge in [0.05, 0.1) is 0 Å². The summed E-state index contributed by atoms with van der Waals surface area (Å²) < 4.78 is 43.3. The Kier molecular flexibility index (Phi) is 5.08. The number of benzene rings is 1. The van der Waals surface area contributed by atoms with Crippen LogP contribution in [-0.2, 0) is 13.1 Å². The van der Waals surface area contributed by atoms with Gasteiger partial charge >= 0.3 is 6.36 Å². The molecule has 2 N–H and O–H groups in total.